The molecule has 1 saturated heterocycles. The van der Waals surface area contributed by atoms with Gasteiger partial charge in [-0.3, -0.25) is 19.2 Å². The highest BCUT2D eigenvalue weighted by atomic mass is 16.5. The number of amides is 3. The molecule has 2 heterocycles. The van der Waals surface area contributed by atoms with E-state index in [9.17, 15) is 19.2 Å². The number of para-hydroxylation sites is 1. The van der Waals surface area contributed by atoms with Crippen LogP contribution in [0.15, 0.2) is 54.6 Å². The number of nitrogens with one attached hydrogen (secondary N) is 4. The van der Waals surface area contributed by atoms with Crippen molar-refractivity contribution < 1.29 is 34.4 Å². The smallest absolute Gasteiger partial charge is 0.268 e. The number of piperidine rings is 1. The number of methoxy groups -OCH3 is 1. The first-order valence-corrected chi connectivity index (χ1v) is 13.9. The van der Waals surface area contributed by atoms with Crippen LogP contribution in [0.5, 0.6) is 11.5 Å². The van der Waals surface area contributed by atoms with Crippen LogP contribution in [-0.2, 0) is 14.4 Å². The van der Waals surface area contributed by atoms with Crippen molar-refractivity contribution in [1.29, 1.82) is 0 Å². The third-order valence-corrected chi connectivity index (χ3v) is 6.27. The molecule has 1 aromatic heterocycles. The van der Waals surface area contributed by atoms with Crippen LogP contribution in [0, 0.1) is 11.8 Å². The number of carbonyl (C=O) groups excluding carboxylic acids is 4. The van der Waals surface area contributed by atoms with E-state index < -0.39 is 23.8 Å². The zero-order chi connectivity index (χ0) is 29.8. The number of aromatic nitrogens is 1. The second-order valence-corrected chi connectivity index (χ2v) is 10.6. The summed E-state index contributed by atoms with van der Waals surface area (Å²) in [5.74, 6) is 0.0756. The second-order valence-electron chi connectivity index (χ2n) is 10.6. The summed E-state index contributed by atoms with van der Waals surface area (Å²) < 4.78 is 10.9. The zero-order valence-electron chi connectivity index (χ0n) is 24.1. The Kier molecular flexibility index (Phi) is 11.8. The second kappa shape index (κ2) is 15.4. The first-order chi connectivity index (χ1) is 19.7. The van der Waals surface area contributed by atoms with E-state index in [-0.39, 0.29) is 42.7 Å². The molecule has 41 heavy (non-hydrogen) atoms. The minimum atomic E-state index is -0.931. The van der Waals surface area contributed by atoms with Gasteiger partial charge >= 0.3 is 0 Å². The number of Topliss-reactive ketones (excluding diaryl/α,β-unsaturated/α-hetero) is 1. The number of hydrogen-bond donors (Lipinski definition) is 4. The van der Waals surface area contributed by atoms with E-state index in [1.807, 2.05) is 12.1 Å². The van der Waals surface area contributed by atoms with Gasteiger partial charge in [0.05, 0.1) is 19.7 Å². The molecule has 1 aliphatic rings. The van der Waals surface area contributed by atoms with Crippen LogP contribution in [0.3, 0.4) is 0 Å². The van der Waals surface area contributed by atoms with Crippen molar-refractivity contribution >= 4 is 34.4 Å². The molecule has 0 aliphatic carbocycles. The zero-order valence-corrected chi connectivity index (χ0v) is 24.1. The molecular weight excluding hydrogens is 524 g/mol. The Balaban J connectivity index is 0. The average molecular weight is 573 g/mol. The highest BCUT2D eigenvalue weighted by molar-refractivity contribution is 6.01. The van der Waals surface area contributed by atoms with E-state index in [1.54, 1.807) is 49.6 Å². The predicted molar refractivity (Wildman–Crippen MR) is 165 cm³/mol. The van der Waals surface area contributed by atoms with E-state index in [4.69, 9.17) is 9.47 Å². The molecule has 2 atom stereocenters. The van der Waals surface area contributed by atoms with Gasteiger partial charge in [0.25, 0.3) is 5.91 Å². The highest BCUT2D eigenvalue weighted by Gasteiger charge is 2.30. The first kappa shape index (κ1) is 31.2. The van der Waals surface area contributed by atoms with Crippen molar-refractivity contribution in [3.63, 3.8) is 0 Å². The predicted octanol–water partition coefficient (Wildman–Crippen LogP) is 4.60. The van der Waals surface area contributed by atoms with Gasteiger partial charge in [-0.25, -0.2) is 0 Å². The largest absolute Gasteiger partial charge is 0.496 e. The molecular formula is C31H48N4O6. The van der Waals surface area contributed by atoms with Gasteiger partial charge in [-0.1, -0.05) is 45.0 Å². The van der Waals surface area contributed by atoms with Crippen molar-refractivity contribution in [3.05, 3.63) is 60.3 Å². The first-order valence-electron chi connectivity index (χ1n) is 13.9. The lowest BCUT2D eigenvalue weighted by atomic mass is 9.90. The van der Waals surface area contributed by atoms with E-state index >= 15 is 0 Å². The minimum absolute atomic E-state index is 0. The number of aromatic amines is 1. The summed E-state index contributed by atoms with van der Waals surface area (Å²) in [4.78, 5) is 53.6. The summed E-state index contributed by atoms with van der Waals surface area (Å²) in [7, 11) is 1.55. The Bertz CT molecular complexity index is 1340. The Morgan fingerprint density at radius 2 is 1.80 bits per heavy atom. The lowest BCUT2D eigenvalue weighted by molar-refractivity contribution is -0.131. The van der Waals surface area contributed by atoms with E-state index in [1.165, 1.54) is 0 Å². The minimum Gasteiger partial charge on any atom is -0.496 e. The summed E-state index contributed by atoms with van der Waals surface area (Å²) in [6.07, 6.45) is 1.59. The molecule has 10 nitrogen and oxygen atoms in total. The number of ether oxygens (including phenoxy) is 2. The molecule has 4 rings (SSSR count). The number of carbonyl (C=O) groups is 4. The van der Waals surface area contributed by atoms with Gasteiger partial charge < -0.3 is 30.4 Å². The van der Waals surface area contributed by atoms with Crippen molar-refractivity contribution in [2.24, 2.45) is 11.8 Å². The van der Waals surface area contributed by atoms with Crippen LogP contribution in [-0.4, -0.2) is 61.3 Å². The average Bonchev–Trinajstić information content (AvgIpc) is 3.40. The number of H-pyrrole nitrogens is 1. The van der Waals surface area contributed by atoms with Crippen LogP contribution in [0.25, 0.3) is 10.9 Å². The molecule has 3 aromatic rings. The van der Waals surface area contributed by atoms with E-state index in [0.717, 1.165) is 23.2 Å². The summed E-state index contributed by atoms with van der Waals surface area (Å²) in [6, 6.07) is 15.0. The molecule has 2 aromatic carbocycles. The number of benzene rings is 2. The molecule has 0 saturated carbocycles. The topological polar surface area (TPSA) is 139 Å². The summed E-state index contributed by atoms with van der Waals surface area (Å²) in [6.45, 7) is 6.50. The van der Waals surface area contributed by atoms with Crippen LogP contribution in [0.1, 0.15) is 56.2 Å². The van der Waals surface area contributed by atoms with Gasteiger partial charge in [-0.15, -0.1) is 0 Å². The van der Waals surface area contributed by atoms with Crippen LogP contribution < -0.4 is 25.4 Å². The summed E-state index contributed by atoms with van der Waals surface area (Å²) in [5.41, 5.74) is 0.999. The molecule has 228 valence electrons. The molecule has 3 amide bonds. The SMILES string of the molecule is CC(C)C.COc1cccc2[nH]c(C(=O)NCC(=O)N[C@@H](C[C@@H]3CCCNC3=O)C(=O)COc3ccccc3)cc12.[HH].[HH].[HH].[HH]. The molecule has 10 heteroatoms. The normalized spacial score (nSPS) is 15.2. The fourth-order valence-electron chi connectivity index (χ4n) is 4.32. The number of ketones is 1. The molecule has 0 unspecified atom stereocenters. The van der Waals surface area contributed by atoms with Crippen LogP contribution >= 0.6 is 0 Å². The third kappa shape index (κ3) is 9.66. The summed E-state index contributed by atoms with van der Waals surface area (Å²) >= 11 is 0. The highest BCUT2D eigenvalue weighted by Crippen LogP contribution is 2.26. The lowest BCUT2D eigenvalue weighted by Crippen LogP contribution is -2.49. The Hall–Kier alpha value is -4.34. The maximum Gasteiger partial charge on any atom is 0.268 e. The monoisotopic (exact) mass is 572 g/mol. The Labute approximate surface area is 246 Å². The Morgan fingerprint density at radius 3 is 2.49 bits per heavy atom. The van der Waals surface area contributed by atoms with Crippen LogP contribution in [0.4, 0.5) is 0 Å². The number of hydrogen-bond acceptors (Lipinski definition) is 6. The van der Waals surface area contributed by atoms with Gasteiger partial charge in [-0.2, -0.15) is 0 Å². The Morgan fingerprint density at radius 1 is 1.07 bits per heavy atom. The van der Waals surface area contributed by atoms with E-state index in [0.29, 0.717) is 24.5 Å². The molecule has 0 radical (unpaired) electrons. The van der Waals surface area contributed by atoms with Crippen molar-refractivity contribution in [1.82, 2.24) is 20.9 Å². The maximum atomic E-state index is 13.0. The molecule has 0 spiro atoms. The van der Waals surface area contributed by atoms with Gasteiger partial charge in [0.2, 0.25) is 11.8 Å². The fraction of sp³-hybridized carbons (Fsp3) is 0.419. The van der Waals surface area contributed by atoms with Crippen molar-refractivity contribution in [3.8, 4) is 11.5 Å². The van der Waals surface area contributed by atoms with Crippen LogP contribution in [0.2, 0.25) is 0 Å². The van der Waals surface area contributed by atoms with Gasteiger partial charge in [0, 0.05) is 29.1 Å². The van der Waals surface area contributed by atoms with Gasteiger partial charge in [0.15, 0.2) is 5.78 Å². The van der Waals surface area contributed by atoms with Gasteiger partial charge in [0.1, 0.15) is 23.8 Å². The summed E-state index contributed by atoms with van der Waals surface area (Å²) in [5, 5.41) is 8.79. The lowest BCUT2D eigenvalue weighted by Gasteiger charge is -2.26. The maximum absolute atomic E-state index is 13.0. The van der Waals surface area contributed by atoms with Crippen molar-refractivity contribution in [2.45, 2.75) is 46.1 Å². The molecule has 0 bridgehead atoms. The molecule has 1 fully saturated rings. The van der Waals surface area contributed by atoms with Gasteiger partial charge in [-0.05, 0) is 55.5 Å². The third-order valence-electron chi connectivity index (χ3n) is 6.27. The molecule has 4 N–H and O–H groups in total. The fourth-order valence-corrected chi connectivity index (χ4v) is 4.32. The quantitative estimate of drug-likeness (QED) is 0.265. The standard InChI is InChI=1S/C27H30N4O6.C4H10.4H2/c1-36-24-11-5-10-20-19(24)14-22(30-20)27(35)29-15-25(33)31-21(13-17-7-6-12-28-26(17)34)23(32)16-37-18-8-3-2-4-9-18;1-4(2)3;;;;/h2-5,8-11,14,17,21,30H,6-7,12-13,15-16H2,1H3,(H,28,34)(H,29,35)(H,31,33);4H,1-3H3;4*1H/t17-,21-;;;;;/m0...../s1. The number of rotatable bonds is 11. The van der Waals surface area contributed by atoms with E-state index in [2.05, 4.69) is 41.7 Å². The van der Waals surface area contributed by atoms with Crippen molar-refractivity contribution in [2.75, 3.05) is 26.8 Å². The number of fused-ring (bicyclic) bond motifs is 1. The molecule has 1 aliphatic heterocycles.